The van der Waals surface area contributed by atoms with Crippen molar-refractivity contribution in [3.05, 3.63) is 83.9 Å². The third kappa shape index (κ3) is 6.20. The van der Waals surface area contributed by atoms with E-state index in [9.17, 15) is 9.59 Å². The molecule has 26 heavy (non-hydrogen) atoms. The largest absolute Gasteiger partial charge is 0.466 e. The number of esters is 2. The van der Waals surface area contributed by atoms with Crippen LogP contribution in [0.3, 0.4) is 0 Å². The summed E-state index contributed by atoms with van der Waals surface area (Å²) in [7, 11) is 1.29. The molecule has 0 heterocycles. The second-order valence-corrected chi connectivity index (χ2v) is 6.01. The fraction of sp³-hybridized carbons (Fsp3) is 0.273. The van der Waals surface area contributed by atoms with Crippen LogP contribution in [0.1, 0.15) is 24.0 Å². The van der Waals surface area contributed by atoms with Gasteiger partial charge in [-0.05, 0) is 30.4 Å². The van der Waals surface area contributed by atoms with E-state index < -0.39 is 12.1 Å². The van der Waals surface area contributed by atoms with E-state index in [-0.39, 0.29) is 18.0 Å². The van der Waals surface area contributed by atoms with Crippen LogP contribution in [0.2, 0.25) is 0 Å². The van der Waals surface area contributed by atoms with Crippen LogP contribution >= 0.6 is 0 Å². The van der Waals surface area contributed by atoms with E-state index in [1.807, 2.05) is 60.7 Å². The zero-order valence-electron chi connectivity index (χ0n) is 15.0. The highest BCUT2D eigenvalue weighted by atomic mass is 16.6. The van der Waals surface area contributed by atoms with Gasteiger partial charge in [-0.1, -0.05) is 67.2 Å². The van der Waals surface area contributed by atoms with Gasteiger partial charge in [-0.25, -0.2) is 4.79 Å². The highest BCUT2D eigenvalue weighted by molar-refractivity contribution is 5.89. The minimum atomic E-state index is -0.689. The van der Waals surface area contributed by atoms with Gasteiger partial charge < -0.3 is 9.47 Å². The lowest BCUT2D eigenvalue weighted by molar-refractivity contribution is -0.149. The molecule has 0 fully saturated rings. The molecule has 4 nitrogen and oxygen atoms in total. The zero-order valence-corrected chi connectivity index (χ0v) is 15.0. The lowest BCUT2D eigenvalue weighted by atomic mass is 10.0. The molecule has 4 heteroatoms. The summed E-state index contributed by atoms with van der Waals surface area (Å²) in [6, 6.07) is 19.6. The summed E-state index contributed by atoms with van der Waals surface area (Å²) < 4.78 is 10.3. The Morgan fingerprint density at radius 1 is 0.923 bits per heavy atom. The molecular formula is C22H24O4. The van der Waals surface area contributed by atoms with Gasteiger partial charge in [0.1, 0.15) is 6.10 Å². The average Bonchev–Trinajstić information content (AvgIpc) is 2.70. The van der Waals surface area contributed by atoms with E-state index in [4.69, 9.17) is 9.47 Å². The zero-order chi connectivity index (χ0) is 18.8. The van der Waals surface area contributed by atoms with E-state index >= 15 is 0 Å². The number of hydrogen-bond acceptors (Lipinski definition) is 4. The van der Waals surface area contributed by atoms with Crippen LogP contribution in [-0.4, -0.2) is 25.2 Å². The van der Waals surface area contributed by atoms with Crippen molar-refractivity contribution < 1.29 is 19.1 Å². The molecule has 1 atom stereocenters. The molecule has 0 N–H and O–H groups in total. The second-order valence-electron chi connectivity index (χ2n) is 6.01. The van der Waals surface area contributed by atoms with Gasteiger partial charge in [0.2, 0.25) is 0 Å². The number of rotatable bonds is 9. The summed E-state index contributed by atoms with van der Waals surface area (Å²) in [5, 5.41) is 0. The molecule has 0 aliphatic heterocycles. The first kappa shape index (κ1) is 19.4. The number of aryl methyl sites for hydroxylation is 2. The Bertz CT molecular complexity index is 722. The first-order valence-corrected chi connectivity index (χ1v) is 8.64. The summed E-state index contributed by atoms with van der Waals surface area (Å²) in [4.78, 5) is 24.1. The summed E-state index contributed by atoms with van der Waals surface area (Å²) in [6.45, 7) is 3.76. The summed E-state index contributed by atoms with van der Waals surface area (Å²) in [5.74, 6) is -0.907. The van der Waals surface area contributed by atoms with Crippen LogP contribution in [0, 0.1) is 0 Å². The van der Waals surface area contributed by atoms with E-state index in [2.05, 4.69) is 6.58 Å². The van der Waals surface area contributed by atoms with Gasteiger partial charge in [0.25, 0.3) is 0 Å². The molecule has 2 rings (SSSR count). The van der Waals surface area contributed by atoms with E-state index in [1.165, 1.54) is 7.11 Å². The van der Waals surface area contributed by atoms with E-state index in [0.29, 0.717) is 19.3 Å². The Labute approximate surface area is 154 Å². The average molecular weight is 352 g/mol. The highest BCUT2D eigenvalue weighted by Crippen LogP contribution is 2.16. The Hall–Kier alpha value is -2.88. The molecule has 0 aliphatic carbocycles. The number of methoxy groups -OCH3 is 1. The number of ether oxygens (including phenoxy) is 2. The normalized spacial score (nSPS) is 11.4. The minimum Gasteiger partial charge on any atom is -0.466 e. The quantitative estimate of drug-likeness (QED) is 0.507. The van der Waals surface area contributed by atoms with Crippen LogP contribution in [0.4, 0.5) is 0 Å². The van der Waals surface area contributed by atoms with Crippen LogP contribution in [0.15, 0.2) is 72.8 Å². The van der Waals surface area contributed by atoms with Crippen molar-refractivity contribution in [1.29, 1.82) is 0 Å². The van der Waals surface area contributed by atoms with E-state index in [1.54, 1.807) is 0 Å². The van der Waals surface area contributed by atoms with Crippen molar-refractivity contribution >= 4 is 11.9 Å². The Morgan fingerprint density at radius 3 is 2.00 bits per heavy atom. The van der Waals surface area contributed by atoms with Gasteiger partial charge in [0.15, 0.2) is 0 Å². The SMILES string of the molecule is C=C(C(=O)OC)C(CCc1ccccc1)OC(=O)CCc1ccccc1. The second kappa shape index (κ2) is 10.2. The lowest BCUT2D eigenvalue weighted by Crippen LogP contribution is -2.26. The molecule has 1 unspecified atom stereocenters. The Kier molecular flexibility index (Phi) is 7.62. The lowest BCUT2D eigenvalue weighted by Gasteiger charge is -2.19. The van der Waals surface area contributed by atoms with Crippen molar-refractivity contribution in [2.24, 2.45) is 0 Å². The van der Waals surface area contributed by atoms with Gasteiger partial charge in [-0.15, -0.1) is 0 Å². The van der Waals surface area contributed by atoms with Crippen LogP contribution in [0.5, 0.6) is 0 Å². The first-order chi connectivity index (χ1) is 12.6. The molecular weight excluding hydrogens is 328 g/mol. The third-order valence-electron chi connectivity index (χ3n) is 4.11. The molecule has 0 radical (unpaired) electrons. The molecule has 0 bridgehead atoms. The maximum atomic E-state index is 12.2. The number of hydrogen-bond donors (Lipinski definition) is 0. The molecule has 2 aromatic carbocycles. The van der Waals surface area contributed by atoms with Crippen molar-refractivity contribution in [1.82, 2.24) is 0 Å². The summed E-state index contributed by atoms with van der Waals surface area (Å²) in [6.07, 6.45) is 1.31. The highest BCUT2D eigenvalue weighted by Gasteiger charge is 2.23. The predicted octanol–water partition coefficient (Wildman–Crippen LogP) is 3.89. The summed E-state index contributed by atoms with van der Waals surface area (Å²) >= 11 is 0. The molecule has 0 aliphatic rings. The van der Waals surface area contributed by atoms with Gasteiger partial charge in [0.05, 0.1) is 12.7 Å². The fourth-order valence-electron chi connectivity index (χ4n) is 2.62. The third-order valence-corrected chi connectivity index (χ3v) is 4.11. The van der Waals surface area contributed by atoms with Crippen LogP contribution in [-0.2, 0) is 31.9 Å². The van der Waals surface area contributed by atoms with Crippen molar-refractivity contribution in [2.45, 2.75) is 31.8 Å². The summed E-state index contributed by atoms with van der Waals surface area (Å²) in [5.41, 5.74) is 2.34. The van der Waals surface area contributed by atoms with Crippen LogP contribution < -0.4 is 0 Å². The van der Waals surface area contributed by atoms with Gasteiger partial charge >= 0.3 is 11.9 Å². The van der Waals surface area contributed by atoms with E-state index in [0.717, 1.165) is 11.1 Å². The molecule has 0 saturated carbocycles. The molecule has 0 saturated heterocycles. The molecule has 136 valence electrons. The van der Waals surface area contributed by atoms with Crippen molar-refractivity contribution in [3.63, 3.8) is 0 Å². The topological polar surface area (TPSA) is 52.6 Å². The number of benzene rings is 2. The molecule has 0 aromatic heterocycles. The van der Waals surface area contributed by atoms with Crippen molar-refractivity contribution in [3.8, 4) is 0 Å². The Morgan fingerprint density at radius 2 is 1.46 bits per heavy atom. The van der Waals surface area contributed by atoms with Crippen molar-refractivity contribution in [2.75, 3.05) is 7.11 Å². The Balaban J connectivity index is 1.94. The van der Waals surface area contributed by atoms with Gasteiger partial charge in [-0.2, -0.15) is 0 Å². The predicted molar refractivity (Wildman–Crippen MR) is 101 cm³/mol. The van der Waals surface area contributed by atoms with Gasteiger partial charge in [-0.3, -0.25) is 4.79 Å². The monoisotopic (exact) mass is 352 g/mol. The number of carbonyl (C=O) groups is 2. The maximum Gasteiger partial charge on any atom is 0.336 e. The fourth-order valence-corrected chi connectivity index (χ4v) is 2.62. The molecule has 0 amide bonds. The standard InChI is InChI=1S/C22H24O4/c1-17(22(24)25-2)20(15-13-18-9-5-3-6-10-18)26-21(23)16-14-19-11-7-4-8-12-19/h3-12,20H,1,13-16H2,2H3. The van der Waals surface area contributed by atoms with Crippen LogP contribution in [0.25, 0.3) is 0 Å². The smallest absolute Gasteiger partial charge is 0.336 e. The maximum absolute atomic E-state index is 12.2. The molecule has 2 aromatic rings. The first-order valence-electron chi connectivity index (χ1n) is 8.64. The molecule has 0 spiro atoms. The van der Waals surface area contributed by atoms with Gasteiger partial charge in [0, 0.05) is 6.42 Å². The number of carbonyl (C=O) groups excluding carboxylic acids is 2. The minimum absolute atomic E-state index is 0.163.